The van der Waals surface area contributed by atoms with Crippen LogP contribution in [0.1, 0.15) is 34.7 Å². The van der Waals surface area contributed by atoms with E-state index in [2.05, 4.69) is 44.2 Å². The summed E-state index contributed by atoms with van der Waals surface area (Å²) in [5, 5.41) is 11.3. The van der Waals surface area contributed by atoms with Crippen LogP contribution in [0.25, 0.3) is 55.7 Å². The Bertz CT molecular complexity index is 2200. The van der Waals surface area contributed by atoms with Gasteiger partial charge in [0.05, 0.1) is 11.1 Å². The maximum atomic E-state index is 10.5. The summed E-state index contributed by atoms with van der Waals surface area (Å²) in [4.78, 5) is 9.55. The van der Waals surface area contributed by atoms with E-state index >= 15 is 0 Å². The number of pyridine rings is 1. The Kier molecular flexibility index (Phi) is 5.35. The molecule has 0 aliphatic carbocycles. The summed E-state index contributed by atoms with van der Waals surface area (Å²) in [5.41, 5.74) is 7.91. The summed E-state index contributed by atoms with van der Waals surface area (Å²) in [6.45, 7) is 2.09. The summed E-state index contributed by atoms with van der Waals surface area (Å²) in [7, 11) is 0. The molecule has 0 saturated carbocycles. The zero-order valence-electron chi connectivity index (χ0n) is 26.3. The summed E-state index contributed by atoms with van der Waals surface area (Å²) < 4.78 is 30.7. The largest absolute Gasteiger partial charge is 0.507 e. The lowest BCUT2D eigenvalue weighted by atomic mass is 9.76. The van der Waals surface area contributed by atoms with E-state index < -0.39 is 12.3 Å². The van der Waals surface area contributed by atoms with Crippen LogP contribution in [0.3, 0.4) is 0 Å². The van der Waals surface area contributed by atoms with Gasteiger partial charge in [-0.25, -0.2) is 4.98 Å². The maximum absolute atomic E-state index is 10.5. The Morgan fingerprint density at radius 1 is 0.690 bits per heavy atom. The molecule has 0 aliphatic heterocycles. The minimum absolute atomic E-state index is 0.0908. The molecule has 0 radical (unpaired) electrons. The van der Waals surface area contributed by atoms with Crippen LogP contribution < -0.4 is 0 Å². The van der Waals surface area contributed by atoms with E-state index in [0.717, 1.165) is 44.3 Å². The lowest BCUT2D eigenvalue weighted by Gasteiger charge is -2.28. The number of phenolic OH excluding ortho intramolecular Hbond substituents is 1. The van der Waals surface area contributed by atoms with Crippen molar-refractivity contribution in [1.82, 2.24) is 9.97 Å². The number of para-hydroxylation sites is 2. The van der Waals surface area contributed by atoms with Gasteiger partial charge in [0.1, 0.15) is 11.3 Å². The molecule has 5 aromatic carbocycles. The molecule has 42 heavy (non-hydrogen) atoms. The van der Waals surface area contributed by atoms with Crippen LogP contribution in [0.4, 0.5) is 0 Å². The number of benzene rings is 5. The second-order valence-corrected chi connectivity index (χ2v) is 11.1. The summed E-state index contributed by atoms with van der Waals surface area (Å²) in [6, 6.07) is 36.6. The van der Waals surface area contributed by atoms with Crippen LogP contribution in [0, 0.1) is 6.85 Å². The Hall–Kier alpha value is -5.22. The van der Waals surface area contributed by atoms with E-state index in [4.69, 9.17) is 18.5 Å². The molecular weight excluding hydrogens is 516 g/mol. The molecule has 0 amide bonds. The number of hydrogen-bond donors (Lipinski definition) is 1. The second kappa shape index (κ2) is 10.0. The third-order valence-corrected chi connectivity index (χ3v) is 8.03. The quantitative estimate of drug-likeness (QED) is 0.232. The number of phenols is 1. The van der Waals surface area contributed by atoms with Gasteiger partial charge in [-0.05, 0) is 77.1 Å². The molecule has 0 saturated heterocycles. The van der Waals surface area contributed by atoms with Gasteiger partial charge < -0.3 is 9.52 Å². The van der Waals surface area contributed by atoms with E-state index in [1.54, 1.807) is 36.5 Å². The zero-order valence-corrected chi connectivity index (χ0v) is 23.3. The van der Waals surface area contributed by atoms with Crippen molar-refractivity contribution in [1.29, 1.82) is 0 Å². The van der Waals surface area contributed by atoms with Crippen molar-refractivity contribution < 1.29 is 13.6 Å². The summed E-state index contributed by atoms with van der Waals surface area (Å²) in [6.07, 6.45) is 1.73. The summed E-state index contributed by atoms with van der Waals surface area (Å²) in [5.74, 6) is 0.421. The standard InChI is InChI=1S/C38H30N2O2/c1-24-19-25-11-10-18-39-35(25)32(20-24)27-21-26(22-29(23-27)38(2,3)28-12-5-4-6-13-28)30-15-9-17-34-36(30)40-37(42-34)31-14-7-8-16-33(31)41/h4-23,41H,1-3H3/i1D3. The van der Waals surface area contributed by atoms with Gasteiger partial charge in [0.15, 0.2) is 5.58 Å². The van der Waals surface area contributed by atoms with Crippen molar-refractivity contribution in [3.8, 4) is 39.5 Å². The van der Waals surface area contributed by atoms with Crippen molar-refractivity contribution >= 4 is 22.0 Å². The van der Waals surface area contributed by atoms with Gasteiger partial charge >= 0.3 is 0 Å². The molecule has 0 unspecified atom stereocenters. The van der Waals surface area contributed by atoms with Gasteiger partial charge in [-0.15, -0.1) is 0 Å². The predicted octanol–water partition coefficient (Wildman–Crippen LogP) is 9.72. The molecule has 0 spiro atoms. The molecule has 7 aromatic rings. The van der Waals surface area contributed by atoms with Crippen molar-refractivity contribution in [2.75, 3.05) is 0 Å². The number of oxazole rings is 1. The third kappa shape index (κ3) is 4.42. The zero-order chi connectivity index (χ0) is 31.3. The van der Waals surface area contributed by atoms with E-state index in [0.29, 0.717) is 22.6 Å². The molecule has 0 atom stereocenters. The van der Waals surface area contributed by atoms with Gasteiger partial charge in [0.25, 0.3) is 0 Å². The van der Waals surface area contributed by atoms with Crippen molar-refractivity contribution in [3.05, 3.63) is 138 Å². The highest BCUT2D eigenvalue weighted by Gasteiger charge is 2.25. The van der Waals surface area contributed by atoms with Crippen molar-refractivity contribution in [2.24, 2.45) is 0 Å². The van der Waals surface area contributed by atoms with E-state index in [-0.39, 0.29) is 11.3 Å². The number of aromatic nitrogens is 2. The highest BCUT2D eigenvalue weighted by molar-refractivity contribution is 5.97. The van der Waals surface area contributed by atoms with Gasteiger partial charge in [0, 0.05) is 32.2 Å². The monoisotopic (exact) mass is 549 g/mol. The van der Waals surface area contributed by atoms with Crippen LogP contribution >= 0.6 is 0 Å². The average Bonchev–Trinajstić information content (AvgIpc) is 3.48. The first-order valence-electron chi connectivity index (χ1n) is 15.4. The molecule has 2 aromatic heterocycles. The lowest BCUT2D eigenvalue weighted by Crippen LogP contribution is -2.19. The molecule has 1 N–H and O–H groups in total. The maximum Gasteiger partial charge on any atom is 0.231 e. The van der Waals surface area contributed by atoms with Crippen LogP contribution in [0.2, 0.25) is 0 Å². The van der Waals surface area contributed by atoms with E-state index in [9.17, 15) is 5.11 Å². The van der Waals surface area contributed by atoms with Crippen molar-refractivity contribution in [2.45, 2.75) is 26.1 Å². The number of rotatable bonds is 5. The molecule has 0 bridgehead atoms. The summed E-state index contributed by atoms with van der Waals surface area (Å²) >= 11 is 0. The minimum Gasteiger partial charge on any atom is -0.507 e. The van der Waals surface area contributed by atoms with Crippen molar-refractivity contribution in [3.63, 3.8) is 0 Å². The first-order chi connectivity index (χ1) is 21.6. The lowest BCUT2D eigenvalue weighted by molar-refractivity contribution is 0.474. The average molecular weight is 550 g/mol. The Morgan fingerprint density at radius 3 is 2.26 bits per heavy atom. The smallest absolute Gasteiger partial charge is 0.231 e. The van der Waals surface area contributed by atoms with Crippen LogP contribution in [-0.4, -0.2) is 15.1 Å². The topological polar surface area (TPSA) is 59.2 Å². The highest BCUT2D eigenvalue weighted by atomic mass is 16.3. The van der Waals surface area contributed by atoms with Gasteiger partial charge in [-0.3, -0.25) is 4.98 Å². The van der Waals surface area contributed by atoms with Crippen LogP contribution in [-0.2, 0) is 5.41 Å². The Labute approximate surface area is 249 Å². The van der Waals surface area contributed by atoms with Gasteiger partial charge in [-0.2, -0.15) is 0 Å². The molecule has 4 heteroatoms. The van der Waals surface area contributed by atoms with Crippen LogP contribution in [0.15, 0.2) is 126 Å². The third-order valence-electron chi connectivity index (χ3n) is 8.03. The molecule has 204 valence electrons. The fraction of sp³-hybridized carbons (Fsp3) is 0.105. The SMILES string of the molecule is [2H]C([2H])([2H])c1cc(-c2cc(-c3cccc4oc(-c5ccccc5O)nc34)cc(C(C)(C)c3ccccc3)c2)c2ncccc2c1. The predicted molar refractivity (Wildman–Crippen MR) is 171 cm³/mol. The van der Waals surface area contributed by atoms with Gasteiger partial charge in [0.2, 0.25) is 5.89 Å². The molecule has 0 aliphatic rings. The minimum atomic E-state index is -2.28. The molecular formula is C38H30N2O2. The fourth-order valence-corrected chi connectivity index (χ4v) is 5.68. The Morgan fingerprint density at radius 2 is 1.45 bits per heavy atom. The number of nitrogens with zero attached hydrogens (tertiary/aromatic N) is 2. The van der Waals surface area contributed by atoms with E-state index in [1.165, 1.54) is 0 Å². The first kappa shape index (κ1) is 22.5. The number of aryl methyl sites for hydroxylation is 1. The number of fused-ring (bicyclic) bond motifs is 2. The molecule has 4 nitrogen and oxygen atoms in total. The van der Waals surface area contributed by atoms with Gasteiger partial charge in [-0.1, -0.05) is 86.6 Å². The van der Waals surface area contributed by atoms with E-state index in [1.807, 2.05) is 54.6 Å². The molecule has 0 fully saturated rings. The number of aromatic hydroxyl groups is 1. The Balaban J connectivity index is 1.51. The second-order valence-electron chi connectivity index (χ2n) is 11.1. The fourth-order valence-electron chi connectivity index (χ4n) is 5.68. The first-order valence-corrected chi connectivity index (χ1v) is 13.9. The molecule has 2 heterocycles. The van der Waals surface area contributed by atoms with Crippen LogP contribution in [0.5, 0.6) is 5.75 Å². The number of hydrogen-bond acceptors (Lipinski definition) is 4. The highest BCUT2D eigenvalue weighted by Crippen LogP contribution is 2.41. The normalized spacial score (nSPS) is 13.1. The molecule has 7 rings (SSSR count).